The van der Waals surface area contributed by atoms with Gasteiger partial charge in [-0.3, -0.25) is 0 Å². The zero-order valence-corrected chi connectivity index (χ0v) is 8.06. The first kappa shape index (κ1) is 10.7. The summed E-state index contributed by atoms with van der Waals surface area (Å²) in [7, 11) is 0. The number of rotatable bonds is 6. The van der Waals surface area contributed by atoms with Crippen molar-refractivity contribution in [2.75, 3.05) is 6.54 Å². The molecule has 1 nitrogen and oxygen atoms in total. The van der Waals surface area contributed by atoms with Crippen LogP contribution in [0, 0.1) is 5.92 Å². The molecule has 0 radical (unpaired) electrons. The van der Waals surface area contributed by atoms with Crippen molar-refractivity contribution in [1.29, 1.82) is 0 Å². The second kappa shape index (κ2) is 6.41. The molecule has 0 aliphatic heterocycles. The standard InChI is InChI=1S/C10H21N/c1-5-7-8-11-10(6-2)9(3)4/h6,9-11H,2,5,7-8H2,1,3-4H3/t10-/m1/s1. The molecule has 11 heavy (non-hydrogen) atoms. The maximum atomic E-state index is 3.80. The zero-order chi connectivity index (χ0) is 8.69. The summed E-state index contributed by atoms with van der Waals surface area (Å²) < 4.78 is 0. The lowest BCUT2D eigenvalue weighted by Crippen LogP contribution is -2.32. The first-order chi connectivity index (χ1) is 5.22. The summed E-state index contributed by atoms with van der Waals surface area (Å²) in [6.45, 7) is 11.6. The number of unbranched alkanes of at least 4 members (excludes halogenated alkanes) is 1. The molecular formula is C10H21N. The van der Waals surface area contributed by atoms with E-state index in [0.717, 1.165) is 6.54 Å². The monoisotopic (exact) mass is 155 g/mol. The average Bonchev–Trinajstić information content (AvgIpc) is 1.97. The van der Waals surface area contributed by atoms with E-state index in [-0.39, 0.29) is 0 Å². The fraction of sp³-hybridized carbons (Fsp3) is 0.800. The molecule has 0 fully saturated rings. The van der Waals surface area contributed by atoms with E-state index < -0.39 is 0 Å². The lowest BCUT2D eigenvalue weighted by atomic mass is 10.0. The molecule has 1 atom stereocenters. The van der Waals surface area contributed by atoms with Crippen molar-refractivity contribution in [3.8, 4) is 0 Å². The maximum Gasteiger partial charge on any atom is 0.0270 e. The molecule has 0 bridgehead atoms. The molecule has 1 heteroatoms. The molecule has 0 aliphatic rings. The SMILES string of the molecule is C=C[C@@H](NCCCC)C(C)C. The normalized spacial score (nSPS) is 13.5. The minimum atomic E-state index is 0.488. The molecule has 66 valence electrons. The lowest BCUT2D eigenvalue weighted by molar-refractivity contribution is 0.459. The van der Waals surface area contributed by atoms with E-state index in [9.17, 15) is 0 Å². The van der Waals surface area contributed by atoms with E-state index in [1.807, 2.05) is 6.08 Å². The second-order valence-corrected chi connectivity index (χ2v) is 3.31. The minimum Gasteiger partial charge on any atom is -0.310 e. The summed E-state index contributed by atoms with van der Waals surface area (Å²) in [5.74, 6) is 0.657. The van der Waals surface area contributed by atoms with Crippen LogP contribution in [-0.2, 0) is 0 Å². The molecule has 0 saturated carbocycles. The molecule has 1 N–H and O–H groups in total. The van der Waals surface area contributed by atoms with Gasteiger partial charge in [0.15, 0.2) is 0 Å². The number of nitrogens with one attached hydrogen (secondary N) is 1. The van der Waals surface area contributed by atoms with E-state index in [2.05, 4.69) is 32.7 Å². The zero-order valence-electron chi connectivity index (χ0n) is 8.06. The van der Waals surface area contributed by atoms with Crippen LogP contribution in [0.3, 0.4) is 0 Å². The van der Waals surface area contributed by atoms with Crippen LogP contribution in [0.2, 0.25) is 0 Å². The number of hydrogen-bond donors (Lipinski definition) is 1. The van der Waals surface area contributed by atoms with Gasteiger partial charge in [0.1, 0.15) is 0 Å². The predicted octanol–water partition coefficient (Wildman–Crippen LogP) is 2.59. The van der Waals surface area contributed by atoms with Crippen LogP contribution in [0.5, 0.6) is 0 Å². The molecular weight excluding hydrogens is 134 g/mol. The Morgan fingerprint density at radius 3 is 2.45 bits per heavy atom. The topological polar surface area (TPSA) is 12.0 Å². The van der Waals surface area contributed by atoms with Crippen LogP contribution in [0.4, 0.5) is 0 Å². The highest BCUT2D eigenvalue weighted by Crippen LogP contribution is 2.01. The maximum absolute atomic E-state index is 3.80. The molecule has 0 unspecified atom stereocenters. The molecule has 0 spiro atoms. The molecule has 0 heterocycles. The van der Waals surface area contributed by atoms with Crippen molar-refractivity contribution in [1.82, 2.24) is 5.32 Å². The van der Waals surface area contributed by atoms with Crippen LogP contribution in [0.15, 0.2) is 12.7 Å². The van der Waals surface area contributed by atoms with Gasteiger partial charge in [-0.15, -0.1) is 6.58 Å². The highest BCUT2D eigenvalue weighted by Gasteiger charge is 2.06. The van der Waals surface area contributed by atoms with Crippen LogP contribution >= 0.6 is 0 Å². The Bertz CT molecular complexity index is 97.0. The second-order valence-electron chi connectivity index (χ2n) is 3.31. The third-order valence-corrected chi connectivity index (χ3v) is 1.88. The molecule has 0 aromatic rings. The molecule has 0 aromatic carbocycles. The highest BCUT2D eigenvalue weighted by atomic mass is 14.9. The van der Waals surface area contributed by atoms with Crippen molar-refractivity contribution >= 4 is 0 Å². The summed E-state index contributed by atoms with van der Waals surface area (Å²) in [6, 6.07) is 0.488. The Balaban J connectivity index is 3.44. The Hall–Kier alpha value is -0.300. The number of hydrogen-bond acceptors (Lipinski definition) is 1. The van der Waals surface area contributed by atoms with Gasteiger partial charge in [-0.25, -0.2) is 0 Å². The van der Waals surface area contributed by atoms with E-state index in [1.165, 1.54) is 12.8 Å². The van der Waals surface area contributed by atoms with E-state index in [0.29, 0.717) is 12.0 Å². The van der Waals surface area contributed by atoms with Crippen LogP contribution in [0.1, 0.15) is 33.6 Å². The van der Waals surface area contributed by atoms with Gasteiger partial charge in [-0.1, -0.05) is 33.3 Å². The van der Waals surface area contributed by atoms with E-state index in [4.69, 9.17) is 0 Å². The largest absolute Gasteiger partial charge is 0.310 e. The Morgan fingerprint density at radius 1 is 1.45 bits per heavy atom. The van der Waals surface area contributed by atoms with E-state index >= 15 is 0 Å². The van der Waals surface area contributed by atoms with Crippen LogP contribution in [0.25, 0.3) is 0 Å². The summed E-state index contributed by atoms with van der Waals surface area (Å²) in [6.07, 6.45) is 4.52. The summed E-state index contributed by atoms with van der Waals surface area (Å²) in [5, 5.41) is 3.45. The van der Waals surface area contributed by atoms with Crippen LogP contribution < -0.4 is 5.32 Å². The van der Waals surface area contributed by atoms with Crippen molar-refractivity contribution < 1.29 is 0 Å². The Labute approximate surface area is 70.9 Å². The smallest absolute Gasteiger partial charge is 0.0270 e. The molecule has 0 aliphatic carbocycles. The summed E-state index contributed by atoms with van der Waals surface area (Å²) >= 11 is 0. The highest BCUT2D eigenvalue weighted by molar-refractivity contribution is 4.87. The molecule has 0 amide bonds. The molecule has 0 aromatic heterocycles. The average molecular weight is 155 g/mol. The lowest BCUT2D eigenvalue weighted by Gasteiger charge is -2.17. The van der Waals surface area contributed by atoms with Gasteiger partial charge in [-0.05, 0) is 18.9 Å². The van der Waals surface area contributed by atoms with Gasteiger partial charge in [0, 0.05) is 6.04 Å². The van der Waals surface area contributed by atoms with Crippen molar-refractivity contribution in [2.45, 2.75) is 39.7 Å². The predicted molar refractivity (Wildman–Crippen MR) is 51.7 cm³/mol. The summed E-state index contributed by atoms with van der Waals surface area (Å²) in [5.41, 5.74) is 0. The van der Waals surface area contributed by atoms with Crippen molar-refractivity contribution in [3.05, 3.63) is 12.7 Å². The van der Waals surface area contributed by atoms with Gasteiger partial charge < -0.3 is 5.32 Å². The van der Waals surface area contributed by atoms with Gasteiger partial charge >= 0.3 is 0 Å². The molecule has 0 saturated heterocycles. The van der Waals surface area contributed by atoms with Crippen molar-refractivity contribution in [3.63, 3.8) is 0 Å². The third-order valence-electron chi connectivity index (χ3n) is 1.88. The first-order valence-corrected chi connectivity index (χ1v) is 4.58. The van der Waals surface area contributed by atoms with Gasteiger partial charge in [-0.2, -0.15) is 0 Å². The van der Waals surface area contributed by atoms with Gasteiger partial charge in [0.25, 0.3) is 0 Å². The van der Waals surface area contributed by atoms with Crippen LogP contribution in [-0.4, -0.2) is 12.6 Å². The first-order valence-electron chi connectivity index (χ1n) is 4.58. The van der Waals surface area contributed by atoms with Gasteiger partial charge in [0.05, 0.1) is 0 Å². The minimum absolute atomic E-state index is 0.488. The fourth-order valence-corrected chi connectivity index (χ4v) is 1.04. The third kappa shape index (κ3) is 5.02. The Kier molecular flexibility index (Phi) is 6.24. The summed E-state index contributed by atoms with van der Waals surface area (Å²) in [4.78, 5) is 0. The fourth-order valence-electron chi connectivity index (χ4n) is 1.04. The van der Waals surface area contributed by atoms with Crippen molar-refractivity contribution in [2.24, 2.45) is 5.92 Å². The quantitative estimate of drug-likeness (QED) is 0.459. The molecule has 0 rings (SSSR count). The van der Waals surface area contributed by atoms with E-state index in [1.54, 1.807) is 0 Å². The van der Waals surface area contributed by atoms with Gasteiger partial charge in [0.2, 0.25) is 0 Å². The Morgan fingerprint density at radius 2 is 2.09 bits per heavy atom.